The Morgan fingerprint density at radius 2 is 2.22 bits per heavy atom. The van der Waals surface area contributed by atoms with E-state index in [1.807, 2.05) is 6.92 Å². The molecule has 1 N–H and O–H groups in total. The Labute approximate surface area is 104 Å². The third-order valence-corrected chi connectivity index (χ3v) is 2.33. The van der Waals surface area contributed by atoms with Gasteiger partial charge in [0.2, 0.25) is 0 Å². The molecule has 96 valence electrons. The zero-order chi connectivity index (χ0) is 13.0. The molecule has 0 aliphatic carbocycles. The van der Waals surface area contributed by atoms with Crippen LogP contribution in [0.15, 0.2) is 22.7 Å². The molecule has 1 aromatic carbocycles. The average Bonchev–Trinajstić information content (AvgIpc) is 2.85. The van der Waals surface area contributed by atoms with Crippen molar-refractivity contribution in [2.45, 2.75) is 13.5 Å². The summed E-state index contributed by atoms with van der Waals surface area (Å²) in [6, 6.07) is 4.82. The Hall–Kier alpha value is -2.08. The minimum atomic E-state index is 0.0651. The van der Waals surface area contributed by atoms with Crippen molar-refractivity contribution >= 4 is 0 Å². The fraction of sp³-hybridized carbons (Fsp3) is 0.333. The van der Waals surface area contributed by atoms with E-state index in [2.05, 4.69) is 10.1 Å². The van der Waals surface area contributed by atoms with Gasteiger partial charge in [0.1, 0.15) is 6.61 Å². The number of benzene rings is 1. The molecule has 0 saturated carbocycles. The second-order valence-electron chi connectivity index (χ2n) is 3.54. The van der Waals surface area contributed by atoms with Crippen LogP contribution in [0.1, 0.15) is 12.7 Å². The van der Waals surface area contributed by atoms with Crippen LogP contribution in [0, 0.1) is 0 Å². The second kappa shape index (κ2) is 5.50. The zero-order valence-electron chi connectivity index (χ0n) is 10.2. The van der Waals surface area contributed by atoms with Crippen LogP contribution in [0.4, 0.5) is 0 Å². The number of aromatic nitrogens is 2. The smallest absolute Gasteiger partial charge is 0.258 e. The lowest BCUT2D eigenvalue weighted by Crippen LogP contribution is -1.93. The largest absolute Gasteiger partial charge is 0.504 e. The van der Waals surface area contributed by atoms with Crippen molar-refractivity contribution < 1.29 is 19.1 Å². The Morgan fingerprint density at radius 1 is 1.39 bits per heavy atom. The maximum atomic E-state index is 9.49. The summed E-state index contributed by atoms with van der Waals surface area (Å²) >= 11 is 0. The zero-order valence-corrected chi connectivity index (χ0v) is 10.2. The standard InChI is InChI=1S/C12H14N2O4/c1-3-17-7-11-13-12(18-14-11)8-4-5-9(15)10(6-8)16-2/h4-6,15H,3,7H2,1-2H3. The molecule has 0 unspecified atom stereocenters. The van der Waals surface area contributed by atoms with Gasteiger partial charge in [-0.2, -0.15) is 4.98 Å². The number of hydrogen-bond acceptors (Lipinski definition) is 6. The highest BCUT2D eigenvalue weighted by Gasteiger charge is 2.11. The summed E-state index contributed by atoms with van der Waals surface area (Å²) < 4.78 is 15.3. The summed E-state index contributed by atoms with van der Waals surface area (Å²) in [6.45, 7) is 2.80. The number of nitrogens with zero attached hydrogens (tertiary/aromatic N) is 2. The number of phenols is 1. The van der Waals surface area contributed by atoms with Crippen molar-refractivity contribution in [3.05, 3.63) is 24.0 Å². The molecule has 0 amide bonds. The number of hydrogen-bond donors (Lipinski definition) is 1. The van der Waals surface area contributed by atoms with Gasteiger partial charge in [-0.3, -0.25) is 0 Å². The van der Waals surface area contributed by atoms with Crippen LogP contribution in [0.25, 0.3) is 11.5 Å². The summed E-state index contributed by atoms with van der Waals surface area (Å²) in [5.41, 5.74) is 0.680. The van der Waals surface area contributed by atoms with Gasteiger partial charge in [0.25, 0.3) is 5.89 Å². The van der Waals surface area contributed by atoms with E-state index in [1.165, 1.54) is 13.2 Å². The van der Waals surface area contributed by atoms with Crippen molar-refractivity contribution in [1.82, 2.24) is 10.1 Å². The number of rotatable bonds is 5. The molecule has 0 aliphatic heterocycles. The van der Waals surface area contributed by atoms with Crippen molar-refractivity contribution in [3.63, 3.8) is 0 Å². The fourth-order valence-electron chi connectivity index (χ4n) is 1.43. The summed E-state index contributed by atoms with van der Waals surface area (Å²) in [5, 5.41) is 13.3. The van der Waals surface area contributed by atoms with Crippen LogP contribution >= 0.6 is 0 Å². The van der Waals surface area contributed by atoms with Crippen LogP contribution in [-0.4, -0.2) is 29.0 Å². The first kappa shape index (κ1) is 12.4. The van der Waals surface area contributed by atoms with E-state index in [4.69, 9.17) is 14.0 Å². The summed E-state index contributed by atoms with van der Waals surface area (Å²) in [4.78, 5) is 4.18. The van der Waals surface area contributed by atoms with Crippen LogP contribution < -0.4 is 4.74 Å². The van der Waals surface area contributed by atoms with Crippen LogP contribution in [0.2, 0.25) is 0 Å². The molecule has 1 aromatic heterocycles. The molecule has 18 heavy (non-hydrogen) atoms. The van der Waals surface area contributed by atoms with Crippen LogP contribution in [0.5, 0.6) is 11.5 Å². The van der Waals surface area contributed by atoms with Gasteiger partial charge in [-0.25, -0.2) is 0 Å². The van der Waals surface area contributed by atoms with Crippen molar-refractivity contribution in [1.29, 1.82) is 0 Å². The minimum absolute atomic E-state index is 0.0651. The van der Waals surface area contributed by atoms with Crippen molar-refractivity contribution in [2.24, 2.45) is 0 Å². The van der Waals surface area contributed by atoms with Crippen LogP contribution in [0.3, 0.4) is 0 Å². The SMILES string of the molecule is CCOCc1noc(-c2ccc(O)c(OC)c2)n1. The van der Waals surface area contributed by atoms with Gasteiger partial charge in [0.05, 0.1) is 7.11 Å². The highest BCUT2D eigenvalue weighted by atomic mass is 16.5. The first-order valence-electron chi connectivity index (χ1n) is 5.52. The predicted molar refractivity (Wildman–Crippen MR) is 63.3 cm³/mol. The quantitative estimate of drug-likeness (QED) is 0.874. The van der Waals surface area contributed by atoms with Gasteiger partial charge in [0.15, 0.2) is 17.3 Å². The lowest BCUT2D eigenvalue weighted by Gasteiger charge is -2.03. The van der Waals surface area contributed by atoms with Crippen molar-refractivity contribution in [3.8, 4) is 23.0 Å². The number of phenolic OH excluding ortho intramolecular Hbond substituents is 1. The van der Waals surface area contributed by atoms with Gasteiger partial charge in [0, 0.05) is 12.2 Å². The molecular weight excluding hydrogens is 236 g/mol. The highest BCUT2D eigenvalue weighted by molar-refractivity contribution is 5.59. The predicted octanol–water partition coefficient (Wildman–Crippen LogP) is 1.99. The molecule has 1 heterocycles. The molecule has 0 atom stereocenters. The normalized spacial score (nSPS) is 10.6. The molecular formula is C12H14N2O4. The fourth-order valence-corrected chi connectivity index (χ4v) is 1.43. The summed E-state index contributed by atoms with van der Waals surface area (Å²) in [5.74, 6) is 1.27. The van der Waals surface area contributed by atoms with E-state index in [0.717, 1.165) is 0 Å². The number of methoxy groups -OCH3 is 1. The van der Waals surface area contributed by atoms with Gasteiger partial charge >= 0.3 is 0 Å². The first-order chi connectivity index (χ1) is 8.74. The molecule has 0 aliphatic rings. The van der Waals surface area contributed by atoms with Gasteiger partial charge in [-0.1, -0.05) is 5.16 Å². The summed E-state index contributed by atoms with van der Waals surface area (Å²) in [6.07, 6.45) is 0. The highest BCUT2D eigenvalue weighted by Crippen LogP contribution is 2.30. The minimum Gasteiger partial charge on any atom is -0.504 e. The molecule has 0 spiro atoms. The molecule has 2 rings (SSSR count). The van der Waals surface area contributed by atoms with Gasteiger partial charge in [-0.05, 0) is 25.1 Å². The maximum Gasteiger partial charge on any atom is 0.258 e. The Morgan fingerprint density at radius 3 is 2.94 bits per heavy atom. The van der Waals surface area contributed by atoms with E-state index in [-0.39, 0.29) is 5.75 Å². The van der Waals surface area contributed by atoms with E-state index >= 15 is 0 Å². The third kappa shape index (κ3) is 2.60. The lowest BCUT2D eigenvalue weighted by atomic mass is 10.2. The number of ether oxygens (including phenoxy) is 2. The molecule has 0 bridgehead atoms. The molecule has 0 fully saturated rings. The van der Waals surface area contributed by atoms with Gasteiger partial charge < -0.3 is 19.1 Å². The van der Waals surface area contributed by atoms with Crippen molar-refractivity contribution in [2.75, 3.05) is 13.7 Å². The monoisotopic (exact) mass is 250 g/mol. The van der Waals surface area contributed by atoms with E-state index in [1.54, 1.807) is 12.1 Å². The molecule has 0 saturated heterocycles. The first-order valence-corrected chi connectivity index (χ1v) is 5.52. The Balaban J connectivity index is 2.23. The van der Waals surface area contributed by atoms with E-state index < -0.39 is 0 Å². The lowest BCUT2D eigenvalue weighted by molar-refractivity contribution is 0.126. The molecule has 6 heteroatoms. The number of aromatic hydroxyl groups is 1. The second-order valence-corrected chi connectivity index (χ2v) is 3.54. The van der Waals surface area contributed by atoms with Crippen LogP contribution in [-0.2, 0) is 11.3 Å². The molecule has 2 aromatic rings. The topological polar surface area (TPSA) is 77.6 Å². The Bertz CT molecular complexity index is 525. The summed E-state index contributed by atoms with van der Waals surface area (Å²) in [7, 11) is 1.48. The molecule has 6 nitrogen and oxygen atoms in total. The van der Waals surface area contributed by atoms with E-state index in [0.29, 0.717) is 36.2 Å². The molecule has 0 radical (unpaired) electrons. The van der Waals surface area contributed by atoms with Gasteiger partial charge in [-0.15, -0.1) is 0 Å². The third-order valence-electron chi connectivity index (χ3n) is 2.33. The maximum absolute atomic E-state index is 9.49. The van der Waals surface area contributed by atoms with E-state index in [9.17, 15) is 5.11 Å². The Kier molecular flexibility index (Phi) is 3.78. The average molecular weight is 250 g/mol.